The number of sulfone groups is 1. The third-order valence-electron chi connectivity index (χ3n) is 4.06. The van der Waals surface area contributed by atoms with Crippen molar-refractivity contribution >= 4 is 21.4 Å². The van der Waals surface area contributed by atoms with E-state index in [9.17, 15) is 12.8 Å². The summed E-state index contributed by atoms with van der Waals surface area (Å²) in [6.07, 6.45) is 3.04. The SMILES string of the molecule is CC(C)(NCC1(CS(C)(=O)=O)CC1)c1cccc(Cl)c1F. The first-order valence-corrected chi connectivity index (χ1v) is 9.36. The van der Waals surface area contributed by atoms with Crippen molar-refractivity contribution in [2.45, 2.75) is 32.2 Å². The molecule has 0 unspecified atom stereocenters. The average molecular weight is 334 g/mol. The summed E-state index contributed by atoms with van der Waals surface area (Å²) in [5.74, 6) is -0.245. The second-order valence-electron chi connectivity index (χ2n) is 6.65. The van der Waals surface area contributed by atoms with Crippen LogP contribution in [0.15, 0.2) is 18.2 Å². The molecular weight excluding hydrogens is 313 g/mol. The van der Waals surface area contributed by atoms with Crippen molar-refractivity contribution in [3.63, 3.8) is 0 Å². The van der Waals surface area contributed by atoms with E-state index in [1.54, 1.807) is 12.1 Å². The van der Waals surface area contributed by atoms with Crippen molar-refractivity contribution in [2.75, 3.05) is 18.6 Å². The lowest BCUT2D eigenvalue weighted by Crippen LogP contribution is -2.42. The van der Waals surface area contributed by atoms with Crippen LogP contribution < -0.4 is 5.32 Å². The molecule has 21 heavy (non-hydrogen) atoms. The summed E-state index contributed by atoms with van der Waals surface area (Å²) in [5, 5.41) is 3.40. The largest absolute Gasteiger partial charge is 0.307 e. The second kappa shape index (κ2) is 5.52. The Labute approximate surface area is 130 Å². The van der Waals surface area contributed by atoms with Crippen molar-refractivity contribution in [3.05, 3.63) is 34.6 Å². The van der Waals surface area contributed by atoms with Crippen LogP contribution in [0.4, 0.5) is 4.39 Å². The summed E-state index contributed by atoms with van der Waals surface area (Å²) in [6, 6.07) is 4.93. The molecular formula is C15H21ClFNO2S. The topological polar surface area (TPSA) is 46.2 Å². The third kappa shape index (κ3) is 4.18. The molecule has 0 spiro atoms. The van der Waals surface area contributed by atoms with Crippen LogP contribution in [0.25, 0.3) is 0 Å². The summed E-state index contributed by atoms with van der Waals surface area (Å²) in [7, 11) is -3.00. The molecule has 0 atom stereocenters. The monoisotopic (exact) mass is 333 g/mol. The molecule has 6 heteroatoms. The van der Waals surface area contributed by atoms with Crippen molar-refractivity contribution in [2.24, 2.45) is 5.41 Å². The van der Waals surface area contributed by atoms with Crippen molar-refractivity contribution in [1.29, 1.82) is 0 Å². The maximum absolute atomic E-state index is 14.1. The van der Waals surface area contributed by atoms with E-state index in [2.05, 4.69) is 5.32 Å². The Balaban J connectivity index is 2.10. The zero-order valence-electron chi connectivity index (χ0n) is 12.5. The first-order chi connectivity index (χ1) is 9.55. The van der Waals surface area contributed by atoms with E-state index < -0.39 is 21.2 Å². The number of nitrogens with one attached hydrogen (secondary N) is 1. The summed E-state index contributed by atoms with van der Waals surface area (Å²) in [5.41, 5.74) is -0.313. The van der Waals surface area contributed by atoms with Gasteiger partial charge in [-0.1, -0.05) is 23.7 Å². The van der Waals surface area contributed by atoms with Gasteiger partial charge in [0.05, 0.1) is 10.8 Å². The minimum Gasteiger partial charge on any atom is -0.307 e. The molecule has 1 N–H and O–H groups in total. The highest BCUT2D eigenvalue weighted by Crippen LogP contribution is 2.46. The lowest BCUT2D eigenvalue weighted by Gasteiger charge is -2.30. The summed E-state index contributed by atoms with van der Waals surface area (Å²) in [6.45, 7) is 4.30. The molecule has 1 saturated carbocycles. The van der Waals surface area contributed by atoms with Crippen LogP contribution in [0.5, 0.6) is 0 Å². The molecule has 118 valence electrons. The Morgan fingerprint density at radius 1 is 1.38 bits per heavy atom. The highest BCUT2D eigenvalue weighted by molar-refractivity contribution is 7.90. The van der Waals surface area contributed by atoms with E-state index in [0.717, 1.165) is 12.8 Å². The van der Waals surface area contributed by atoms with Crippen LogP contribution in [-0.2, 0) is 15.4 Å². The van der Waals surface area contributed by atoms with Crippen LogP contribution in [0.3, 0.4) is 0 Å². The van der Waals surface area contributed by atoms with Crippen LogP contribution in [0.1, 0.15) is 32.3 Å². The van der Waals surface area contributed by atoms with Gasteiger partial charge in [-0.2, -0.15) is 0 Å². The van der Waals surface area contributed by atoms with E-state index in [1.807, 2.05) is 13.8 Å². The third-order valence-corrected chi connectivity index (χ3v) is 5.48. The Morgan fingerprint density at radius 3 is 2.52 bits per heavy atom. The van der Waals surface area contributed by atoms with Crippen LogP contribution >= 0.6 is 11.6 Å². The molecule has 2 rings (SSSR count). The van der Waals surface area contributed by atoms with Crippen molar-refractivity contribution in [3.8, 4) is 0 Å². The van der Waals surface area contributed by atoms with Gasteiger partial charge >= 0.3 is 0 Å². The molecule has 0 aromatic heterocycles. The second-order valence-corrected chi connectivity index (χ2v) is 9.20. The van der Waals surface area contributed by atoms with Gasteiger partial charge in [-0.25, -0.2) is 12.8 Å². The fourth-order valence-corrected chi connectivity index (χ4v) is 4.27. The van der Waals surface area contributed by atoms with E-state index in [-0.39, 0.29) is 16.2 Å². The van der Waals surface area contributed by atoms with E-state index in [0.29, 0.717) is 12.1 Å². The van der Waals surface area contributed by atoms with Gasteiger partial charge in [0.15, 0.2) is 0 Å². The average Bonchev–Trinajstić information content (AvgIpc) is 3.08. The number of benzene rings is 1. The normalized spacial score (nSPS) is 17.8. The molecule has 0 amide bonds. The van der Waals surface area contributed by atoms with Gasteiger partial charge in [0, 0.05) is 23.9 Å². The van der Waals surface area contributed by atoms with Crippen LogP contribution in [-0.4, -0.2) is 27.0 Å². The van der Waals surface area contributed by atoms with Crippen LogP contribution in [0, 0.1) is 11.2 Å². The van der Waals surface area contributed by atoms with Gasteiger partial charge in [0.2, 0.25) is 0 Å². The van der Waals surface area contributed by atoms with Gasteiger partial charge in [0.1, 0.15) is 15.7 Å². The minimum atomic E-state index is -3.00. The Bertz CT molecular complexity index is 639. The summed E-state index contributed by atoms with van der Waals surface area (Å²) >= 11 is 5.83. The molecule has 0 aliphatic heterocycles. The number of hydrogen-bond acceptors (Lipinski definition) is 3. The lowest BCUT2D eigenvalue weighted by atomic mass is 9.92. The molecule has 1 fully saturated rings. The van der Waals surface area contributed by atoms with Crippen molar-refractivity contribution < 1.29 is 12.8 Å². The number of halogens is 2. The molecule has 1 aliphatic carbocycles. The molecule has 1 aliphatic rings. The number of hydrogen-bond donors (Lipinski definition) is 1. The molecule has 1 aromatic carbocycles. The van der Waals surface area contributed by atoms with Gasteiger partial charge in [-0.3, -0.25) is 0 Å². The van der Waals surface area contributed by atoms with Gasteiger partial charge in [-0.15, -0.1) is 0 Å². The first-order valence-electron chi connectivity index (χ1n) is 6.92. The quantitative estimate of drug-likeness (QED) is 0.870. The zero-order valence-corrected chi connectivity index (χ0v) is 14.1. The minimum absolute atomic E-state index is 0.0969. The smallest absolute Gasteiger partial charge is 0.148 e. The highest BCUT2D eigenvalue weighted by atomic mass is 35.5. The molecule has 0 bridgehead atoms. The fraction of sp³-hybridized carbons (Fsp3) is 0.600. The Kier molecular flexibility index (Phi) is 4.40. The number of rotatable bonds is 6. The zero-order chi connectivity index (χ0) is 15.9. The molecule has 1 aromatic rings. The standard InChI is InChI=1S/C15H21ClFNO2S/c1-14(2,11-5-4-6-12(16)13(11)17)18-9-15(7-8-15)10-21(3,19)20/h4-6,18H,7-10H2,1-3H3. The van der Waals surface area contributed by atoms with Gasteiger partial charge in [-0.05, 0) is 38.2 Å². The van der Waals surface area contributed by atoms with E-state index in [4.69, 9.17) is 11.6 Å². The van der Waals surface area contributed by atoms with E-state index in [1.165, 1.54) is 12.3 Å². The van der Waals surface area contributed by atoms with Gasteiger partial charge in [0.25, 0.3) is 0 Å². The summed E-state index contributed by atoms with van der Waals surface area (Å²) in [4.78, 5) is 0. The van der Waals surface area contributed by atoms with Gasteiger partial charge < -0.3 is 5.32 Å². The molecule has 0 radical (unpaired) electrons. The predicted molar refractivity (Wildman–Crippen MR) is 83.8 cm³/mol. The lowest BCUT2D eigenvalue weighted by molar-refractivity contribution is 0.345. The maximum atomic E-state index is 14.1. The van der Waals surface area contributed by atoms with Crippen LogP contribution in [0.2, 0.25) is 5.02 Å². The van der Waals surface area contributed by atoms with Crippen molar-refractivity contribution in [1.82, 2.24) is 5.32 Å². The maximum Gasteiger partial charge on any atom is 0.148 e. The molecule has 3 nitrogen and oxygen atoms in total. The van der Waals surface area contributed by atoms with E-state index >= 15 is 0 Å². The summed E-state index contributed by atoms with van der Waals surface area (Å²) < 4.78 is 37.1. The Hall–Kier alpha value is -0.650. The Morgan fingerprint density at radius 2 is 2.00 bits per heavy atom. The first kappa shape index (κ1) is 16.7. The fourth-order valence-electron chi connectivity index (χ4n) is 2.60. The molecule has 0 saturated heterocycles. The predicted octanol–water partition coefficient (Wildman–Crippen LogP) is 3.13. The molecule has 0 heterocycles. The highest BCUT2D eigenvalue weighted by Gasteiger charge is 2.45.